The minimum atomic E-state index is -0.387. The first-order valence-electron chi connectivity index (χ1n) is 8.60. The molecule has 1 nitrogen and oxygen atoms in total. The van der Waals surface area contributed by atoms with Crippen LogP contribution in [-0.4, -0.2) is 5.12 Å². The third-order valence-electron chi connectivity index (χ3n) is 4.56. The lowest BCUT2D eigenvalue weighted by Crippen LogP contribution is -2.35. The van der Waals surface area contributed by atoms with Gasteiger partial charge in [-0.2, -0.15) is 0 Å². The number of rotatable bonds is 3. The summed E-state index contributed by atoms with van der Waals surface area (Å²) in [6.45, 7) is 14.4. The highest BCUT2D eigenvalue weighted by Gasteiger charge is 2.40. The van der Waals surface area contributed by atoms with Crippen molar-refractivity contribution >= 4 is 16.9 Å². The Morgan fingerprint density at radius 3 is 1.83 bits per heavy atom. The first kappa shape index (κ1) is 20.5. The van der Waals surface area contributed by atoms with Gasteiger partial charge >= 0.3 is 0 Å². The predicted octanol–water partition coefficient (Wildman–Crippen LogP) is 7.07. The van der Waals surface area contributed by atoms with Gasteiger partial charge in [0.25, 0.3) is 0 Å². The molecule has 0 saturated carbocycles. The zero-order valence-corrected chi connectivity index (χ0v) is 16.8. The lowest BCUT2D eigenvalue weighted by molar-refractivity contribution is -0.123. The normalized spacial score (nSPS) is 11.5. The van der Waals surface area contributed by atoms with Gasteiger partial charge in [0.1, 0.15) is 0 Å². The molecule has 2 aromatic carbocycles. The van der Waals surface area contributed by atoms with E-state index in [9.17, 15) is 4.79 Å². The maximum atomic E-state index is 12.8. The highest BCUT2D eigenvalue weighted by atomic mass is 32.2. The largest absolute Gasteiger partial charge is 0.286 e. The third-order valence-corrected chi connectivity index (χ3v) is 5.83. The molecular weight excluding hydrogens is 312 g/mol. The summed E-state index contributed by atoms with van der Waals surface area (Å²) in [6, 6.07) is 18.3. The predicted molar refractivity (Wildman–Crippen MR) is 107 cm³/mol. The molecule has 0 heterocycles. The van der Waals surface area contributed by atoms with Crippen molar-refractivity contribution in [3.8, 4) is 11.1 Å². The highest BCUT2D eigenvalue weighted by Crippen LogP contribution is 2.44. The van der Waals surface area contributed by atoms with Crippen molar-refractivity contribution in [2.45, 2.75) is 53.4 Å². The van der Waals surface area contributed by atoms with Crippen LogP contribution in [0.1, 0.15) is 48.5 Å². The minimum Gasteiger partial charge on any atom is -0.286 e. The highest BCUT2D eigenvalue weighted by molar-refractivity contribution is 8.13. The summed E-state index contributed by atoms with van der Waals surface area (Å²) in [5.74, 6) is 0. The molecule has 0 spiro atoms. The topological polar surface area (TPSA) is 17.1 Å². The van der Waals surface area contributed by atoms with E-state index in [4.69, 9.17) is 0 Å². The number of carbonyl (C=O) groups excluding carboxylic acids is 1. The van der Waals surface area contributed by atoms with Gasteiger partial charge in [-0.3, -0.25) is 4.79 Å². The summed E-state index contributed by atoms with van der Waals surface area (Å²) < 4.78 is 0. The maximum absolute atomic E-state index is 12.8. The van der Waals surface area contributed by atoms with Crippen LogP contribution in [0.2, 0.25) is 0 Å². The van der Waals surface area contributed by atoms with E-state index in [0.29, 0.717) is 0 Å². The van der Waals surface area contributed by atoms with Crippen LogP contribution in [0.15, 0.2) is 59.5 Å². The Morgan fingerprint density at radius 1 is 0.792 bits per heavy atom. The molecule has 0 amide bonds. The Kier molecular flexibility index (Phi) is 7.28. The van der Waals surface area contributed by atoms with Crippen LogP contribution in [0.25, 0.3) is 11.1 Å². The van der Waals surface area contributed by atoms with Gasteiger partial charge in [-0.05, 0) is 22.6 Å². The molecule has 2 rings (SSSR count). The van der Waals surface area contributed by atoms with Crippen LogP contribution in [-0.2, 0) is 4.79 Å². The van der Waals surface area contributed by atoms with E-state index in [-0.39, 0.29) is 15.9 Å². The number of hydrogen-bond acceptors (Lipinski definition) is 2. The van der Waals surface area contributed by atoms with Gasteiger partial charge < -0.3 is 0 Å². The van der Waals surface area contributed by atoms with Gasteiger partial charge in [0, 0.05) is 10.3 Å². The zero-order valence-electron chi connectivity index (χ0n) is 16.0. The number of benzene rings is 2. The van der Waals surface area contributed by atoms with E-state index in [2.05, 4.69) is 39.0 Å². The Morgan fingerprint density at radius 2 is 1.29 bits per heavy atom. The van der Waals surface area contributed by atoms with Gasteiger partial charge in [0.15, 0.2) is 5.12 Å². The summed E-state index contributed by atoms with van der Waals surface area (Å²) in [7, 11) is 0. The molecule has 0 aliphatic rings. The van der Waals surface area contributed by atoms with Crippen LogP contribution in [0.4, 0.5) is 0 Å². The van der Waals surface area contributed by atoms with E-state index >= 15 is 0 Å². The van der Waals surface area contributed by atoms with E-state index in [1.807, 2.05) is 64.1 Å². The standard InChI is InChI=1S/C20H24OS.C2H6/c1-19(2,3)20(4,5)18(21)22-17-14-10-9-13-16(17)15-11-7-6-8-12-15;1-2/h6-14H,1-5H3;1-2H3. The average Bonchev–Trinajstić information content (AvgIpc) is 2.57. The second-order valence-electron chi connectivity index (χ2n) is 7.13. The van der Waals surface area contributed by atoms with Crippen LogP contribution >= 0.6 is 11.8 Å². The zero-order chi connectivity index (χ0) is 18.4. The van der Waals surface area contributed by atoms with Crippen molar-refractivity contribution in [3.05, 3.63) is 54.6 Å². The fourth-order valence-corrected chi connectivity index (χ4v) is 3.15. The fourth-order valence-electron chi connectivity index (χ4n) is 1.95. The van der Waals surface area contributed by atoms with Crippen molar-refractivity contribution in [3.63, 3.8) is 0 Å². The Bertz CT molecular complexity index is 651. The van der Waals surface area contributed by atoms with E-state index in [1.54, 1.807) is 0 Å². The Hall–Kier alpha value is -1.54. The molecule has 0 radical (unpaired) electrons. The van der Waals surface area contributed by atoms with Gasteiger partial charge in [-0.1, -0.05) is 109 Å². The summed E-state index contributed by atoms with van der Waals surface area (Å²) in [5, 5.41) is 0.211. The minimum absolute atomic E-state index is 0.0707. The molecular formula is C22H30OS. The van der Waals surface area contributed by atoms with Gasteiger partial charge in [-0.15, -0.1) is 0 Å². The molecule has 0 atom stereocenters. The summed E-state index contributed by atoms with van der Waals surface area (Å²) >= 11 is 1.36. The fraction of sp³-hybridized carbons (Fsp3) is 0.409. The van der Waals surface area contributed by atoms with Gasteiger partial charge in [-0.25, -0.2) is 0 Å². The molecule has 0 aliphatic heterocycles. The molecule has 2 heteroatoms. The molecule has 0 bridgehead atoms. The first-order chi connectivity index (χ1) is 11.2. The van der Waals surface area contributed by atoms with Gasteiger partial charge in [0.05, 0.1) is 0 Å². The first-order valence-corrected chi connectivity index (χ1v) is 9.42. The van der Waals surface area contributed by atoms with E-state index in [0.717, 1.165) is 16.0 Å². The van der Waals surface area contributed by atoms with Crippen molar-refractivity contribution in [2.24, 2.45) is 10.8 Å². The quantitative estimate of drug-likeness (QED) is 0.555. The maximum Gasteiger partial charge on any atom is 0.199 e. The van der Waals surface area contributed by atoms with Crippen molar-refractivity contribution in [1.29, 1.82) is 0 Å². The molecule has 0 fully saturated rings. The summed E-state index contributed by atoms with van der Waals surface area (Å²) in [5.41, 5.74) is 1.80. The molecule has 24 heavy (non-hydrogen) atoms. The average molecular weight is 343 g/mol. The number of carbonyl (C=O) groups is 1. The molecule has 130 valence electrons. The molecule has 2 aromatic rings. The summed E-state index contributed by atoms with van der Waals surface area (Å²) in [4.78, 5) is 13.9. The SMILES string of the molecule is CC.CC(C)(C)C(C)(C)C(=O)Sc1ccccc1-c1ccccc1. The lowest BCUT2D eigenvalue weighted by atomic mass is 9.70. The van der Waals surface area contributed by atoms with Gasteiger partial charge in [0.2, 0.25) is 0 Å². The molecule has 0 unspecified atom stereocenters. The van der Waals surface area contributed by atoms with Crippen molar-refractivity contribution in [2.75, 3.05) is 0 Å². The molecule has 0 aromatic heterocycles. The van der Waals surface area contributed by atoms with E-state index in [1.165, 1.54) is 11.8 Å². The molecule has 0 aliphatic carbocycles. The van der Waals surface area contributed by atoms with Crippen LogP contribution in [0.5, 0.6) is 0 Å². The molecule has 0 N–H and O–H groups in total. The van der Waals surface area contributed by atoms with Crippen molar-refractivity contribution < 1.29 is 4.79 Å². The van der Waals surface area contributed by atoms with Crippen LogP contribution in [0, 0.1) is 10.8 Å². The third kappa shape index (κ3) is 4.73. The van der Waals surface area contributed by atoms with Crippen molar-refractivity contribution in [1.82, 2.24) is 0 Å². The number of thioether (sulfide) groups is 1. The summed E-state index contributed by atoms with van der Waals surface area (Å²) in [6.07, 6.45) is 0. The number of hydrogen-bond donors (Lipinski definition) is 0. The molecule has 0 saturated heterocycles. The second-order valence-corrected chi connectivity index (χ2v) is 8.14. The van der Waals surface area contributed by atoms with Crippen LogP contribution < -0.4 is 0 Å². The second kappa shape index (κ2) is 8.53. The monoisotopic (exact) mass is 342 g/mol. The lowest BCUT2D eigenvalue weighted by Gasteiger charge is -2.36. The Balaban J connectivity index is 0.00000139. The Labute approximate surface area is 151 Å². The van der Waals surface area contributed by atoms with Crippen LogP contribution in [0.3, 0.4) is 0 Å². The van der Waals surface area contributed by atoms with E-state index < -0.39 is 0 Å². The smallest absolute Gasteiger partial charge is 0.199 e.